The lowest BCUT2D eigenvalue weighted by Gasteiger charge is -2.18. The number of nitrogens with one attached hydrogen (secondary N) is 9. The van der Waals surface area contributed by atoms with Crippen LogP contribution in [0.1, 0.15) is 56.4 Å². The van der Waals surface area contributed by atoms with Gasteiger partial charge in [0.2, 0.25) is 17.8 Å². The highest BCUT2D eigenvalue weighted by atomic mass is 19.1. The van der Waals surface area contributed by atoms with Gasteiger partial charge in [0.05, 0.1) is 88.9 Å². The molecule has 4 aromatic carbocycles. The van der Waals surface area contributed by atoms with Gasteiger partial charge in [0.15, 0.2) is 11.5 Å². The van der Waals surface area contributed by atoms with E-state index >= 15 is 0 Å². The molecule has 0 spiro atoms. The number of nitrogens with zero attached hydrogens (tertiary/aromatic N) is 10. The molecule has 9 N–H and O–H groups in total. The summed E-state index contributed by atoms with van der Waals surface area (Å²) in [4.78, 5) is 108. The minimum atomic E-state index is -0.360. The SMILES string of the molecule is CCNC(=O)Nc1nc2c(-c3cc(OC)c(OC)cn3)cc(-c3cccnc3)cc2[nH]1.CCNC(=O)Nc1nc2c(-c3ccccn3)cc(-c3cc(C)n(C(C)c4ccccn4)c(=O)c3)cc2[nH]1.CCNC(=O)Nc1nc2c(-c3ccccn3)cc(-c3cc(C)n(Cc4ccc(F)cc4)c(=O)c3)cc2[nH]1. The number of hydrogen-bond acceptors (Lipinski definition) is 15. The third-order valence-electron chi connectivity index (χ3n) is 16.9. The minimum Gasteiger partial charge on any atom is -0.493 e. The van der Waals surface area contributed by atoms with E-state index in [-0.39, 0.29) is 41.1 Å². The van der Waals surface area contributed by atoms with Gasteiger partial charge in [-0.15, -0.1) is 0 Å². The van der Waals surface area contributed by atoms with Crippen molar-refractivity contribution < 1.29 is 28.2 Å². The Bertz CT molecular complexity index is 5580. The zero-order chi connectivity index (χ0) is 73.7. The molecule has 1 atom stereocenters. The molecule has 0 aliphatic carbocycles. The van der Waals surface area contributed by atoms with Crippen LogP contribution in [0, 0.1) is 19.7 Å². The zero-order valence-electron chi connectivity index (χ0n) is 58.6. The molecule has 0 saturated heterocycles. The van der Waals surface area contributed by atoms with Gasteiger partial charge in [-0.05, 0) is 178 Å². The Hall–Kier alpha value is -13.7. The van der Waals surface area contributed by atoms with Crippen LogP contribution in [0.5, 0.6) is 11.5 Å². The van der Waals surface area contributed by atoms with Crippen molar-refractivity contribution >= 4 is 69.0 Å². The smallest absolute Gasteiger partial charge is 0.321 e. The first-order valence-electron chi connectivity index (χ1n) is 33.7. The quantitative estimate of drug-likeness (QED) is 0.0385. The average molecular weight is 1410 g/mol. The van der Waals surface area contributed by atoms with Crippen molar-refractivity contribution in [1.29, 1.82) is 0 Å². The van der Waals surface area contributed by atoms with E-state index in [1.807, 2.05) is 157 Å². The number of carbonyl (C=O) groups is 3. The number of fused-ring (bicyclic) bond motifs is 3. The summed E-state index contributed by atoms with van der Waals surface area (Å²) in [6, 6.07) is 46.4. The third-order valence-corrected chi connectivity index (χ3v) is 16.9. The fraction of sp³-hybridized carbons (Fsp3) is 0.167. The third kappa shape index (κ3) is 16.5. The van der Waals surface area contributed by atoms with Gasteiger partial charge in [0.25, 0.3) is 11.1 Å². The largest absolute Gasteiger partial charge is 0.493 e. The lowest BCUT2D eigenvalue weighted by atomic mass is 9.99. The summed E-state index contributed by atoms with van der Waals surface area (Å²) in [6.45, 7) is 13.1. The van der Waals surface area contributed by atoms with Crippen molar-refractivity contribution in [3.63, 3.8) is 0 Å². The van der Waals surface area contributed by atoms with Gasteiger partial charge >= 0.3 is 18.1 Å². The Morgan fingerprint density at radius 1 is 0.476 bits per heavy atom. The molecule has 6 amide bonds. The minimum absolute atomic E-state index is 0.115. The van der Waals surface area contributed by atoms with E-state index in [0.29, 0.717) is 94.5 Å². The number of anilines is 3. The predicted molar refractivity (Wildman–Crippen MR) is 405 cm³/mol. The Morgan fingerprint density at radius 3 is 1.38 bits per heavy atom. The van der Waals surface area contributed by atoms with Crippen molar-refractivity contribution in [2.75, 3.05) is 49.8 Å². The highest BCUT2D eigenvalue weighted by Gasteiger charge is 2.22. The van der Waals surface area contributed by atoms with Crippen LogP contribution in [0.4, 0.5) is 36.6 Å². The number of rotatable bonds is 18. The number of pyridine rings is 7. The van der Waals surface area contributed by atoms with Crippen LogP contribution < -0.4 is 52.5 Å². The van der Waals surface area contributed by atoms with Gasteiger partial charge < -0.3 is 49.5 Å². The molecule has 105 heavy (non-hydrogen) atoms. The van der Waals surface area contributed by atoms with Gasteiger partial charge in [0, 0.05) is 102 Å². The number of hydrogen-bond donors (Lipinski definition) is 9. The van der Waals surface area contributed by atoms with Gasteiger partial charge in [0.1, 0.15) is 5.82 Å². The molecule has 1 unspecified atom stereocenters. The lowest BCUT2D eigenvalue weighted by Crippen LogP contribution is -2.28. The summed E-state index contributed by atoms with van der Waals surface area (Å²) in [5.41, 5.74) is 16.6. The molecule has 14 rings (SSSR count). The van der Waals surface area contributed by atoms with E-state index in [0.717, 1.165) is 83.9 Å². The normalized spacial score (nSPS) is 11.2. The van der Waals surface area contributed by atoms with Crippen LogP contribution in [-0.4, -0.2) is 116 Å². The summed E-state index contributed by atoms with van der Waals surface area (Å²) in [7, 11) is 3.14. The number of imidazole rings is 3. The number of urea groups is 3. The summed E-state index contributed by atoms with van der Waals surface area (Å²) in [5.74, 6) is 1.75. The molecule has 530 valence electrons. The number of benzene rings is 4. The summed E-state index contributed by atoms with van der Waals surface area (Å²) < 4.78 is 27.4. The number of halogens is 1. The summed E-state index contributed by atoms with van der Waals surface area (Å²) in [5, 5.41) is 16.2. The van der Waals surface area contributed by atoms with Crippen LogP contribution in [0.2, 0.25) is 0 Å². The van der Waals surface area contributed by atoms with Crippen LogP contribution in [-0.2, 0) is 6.54 Å². The van der Waals surface area contributed by atoms with E-state index in [1.54, 1.807) is 90.9 Å². The van der Waals surface area contributed by atoms with Gasteiger partial charge in [-0.1, -0.05) is 36.4 Å². The van der Waals surface area contributed by atoms with E-state index in [2.05, 4.69) is 86.7 Å². The molecule has 0 bridgehead atoms. The first kappa shape index (κ1) is 71.1. The second-order valence-corrected chi connectivity index (χ2v) is 24.0. The second-order valence-electron chi connectivity index (χ2n) is 24.0. The van der Waals surface area contributed by atoms with E-state index in [9.17, 15) is 28.4 Å². The number of methoxy groups -OCH3 is 2. The fourth-order valence-electron chi connectivity index (χ4n) is 12.0. The molecule has 0 fully saturated rings. The highest BCUT2D eigenvalue weighted by Crippen LogP contribution is 2.39. The first-order chi connectivity index (χ1) is 51.0. The summed E-state index contributed by atoms with van der Waals surface area (Å²) in [6.07, 6.45) is 10.3. The number of H-pyrrole nitrogens is 3. The molecule has 27 heteroatoms. The molecule has 0 aliphatic heterocycles. The van der Waals surface area contributed by atoms with Crippen molar-refractivity contribution in [3.05, 3.63) is 244 Å². The van der Waals surface area contributed by atoms with Crippen molar-refractivity contribution in [1.82, 2.24) is 79.9 Å². The molecule has 10 aromatic heterocycles. The predicted octanol–water partition coefficient (Wildman–Crippen LogP) is 13.8. The Kier molecular flexibility index (Phi) is 21.9. The number of amides is 6. The lowest BCUT2D eigenvalue weighted by molar-refractivity contribution is 0.251. The first-order valence-corrected chi connectivity index (χ1v) is 33.7. The number of carbonyl (C=O) groups excluding carboxylic acids is 3. The molecular formula is C78H74FN19O7. The molecule has 0 aliphatic rings. The Labute approximate surface area is 601 Å². The maximum absolute atomic E-state index is 13.3. The molecule has 10 heterocycles. The number of aromatic nitrogens is 13. The monoisotopic (exact) mass is 1410 g/mol. The van der Waals surface area contributed by atoms with E-state index < -0.39 is 0 Å². The van der Waals surface area contributed by atoms with E-state index in [4.69, 9.17) is 9.47 Å². The van der Waals surface area contributed by atoms with Crippen molar-refractivity contribution in [3.8, 4) is 78.7 Å². The standard InChI is InChI=1S/C28H25FN6O2.C28H27N7O2.C22H22N6O3/c1-3-30-28(37)34-27-32-24-14-20(13-22(26(24)33-27)23-6-4-5-11-31-23)19-12-17(2)35(25(36)15-19)16-18-7-9-21(29)10-8-18;1-4-29-28(37)34-27-32-24-15-20(14-21(26(24)33-27)23-10-6-8-12-31-23)19-13-17(2)35(25(36)16-19)18(3)22-9-5-7-11-30-22;1-4-24-22(29)28-21-26-17-9-14(13-6-5-7-23-11-13)8-15(20(17)27-21)16-10-18(30-2)19(31-3)12-25-16/h4-15H,3,16H2,1-2H3,(H3,30,32,33,34,37);5-16,18H,4H2,1-3H3,(H3,29,32,33,34,37);5-12H,4H2,1-3H3,(H3,24,26,27,28,29). The molecule has 14 aromatic rings. The van der Waals surface area contributed by atoms with Crippen LogP contribution in [0.25, 0.3) is 100 Å². The van der Waals surface area contributed by atoms with Crippen LogP contribution in [0.15, 0.2) is 204 Å². The number of aromatic amines is 3. The van der Waals surface area contributed by atoms with Gasteiger partial charge in [-0.3, -0.25) is 50.5 Å². The Morgan fingerprint density at radius 2 is 0.943 bits per heavy atom. The van der Waals surface area contributed by atoms with Crippen molar-refractivity contribution in [2.24, 2.45) is 0 Å². The number of aryl methyl sites for hydroxylation is 2. The average Bonchev–Trinajstić information content (AvgIpc) is 1.69. The maximum atomic E-state index is 13.3. The zero-order valence-corrected chi connectivity index (χ0v) is 58.6. The van der Waals surface area contributed by atoms with Crippen LogP contribution >= 0.6 is 0 Å². The van der Waals surface area contributed by atoms with Crippen LogP contribution in [0.3, 0.4) is 0 Å². The Balaban J connectivity index is 0.000000149. The second kappa shape index (κ2) is 32.3. The topological polar surface area (TPSA) is 336 Å². The van der Waals surface area contributed by atoms with Gasteiger partial charge in [-0.2, -0.15) is 0 Å². The van der Waals surface area contributed by atoms with Gasteiger partial charge in [-0.25, -0.2) is 33.7 Å². The maximum Gasteiger partial charge on any atom is 0.321 e. The molecule has 0 saturated carbocycles. The molecular weight excluding hydrogens is 1330 g/mol. The molecule has 26 nitrogen and oxygen atoms in total. The van der Waals surface area contributed by atoms with Crippen molar-refractivity contribution in [2.45, 2.75) is 54.1 Å². The highest BCUT2D eigenvalue weighted by molar-refractivity contribution is 6.01. The summed E-state index contributed by atoms with van der Waals surface area (Å²) >= 11 is 0. The van der Waals surface area contributed by atoms with E-state index in [1.165, 1.54) is 12.1 Å². The fourth-order valence-corrected chi connectivity index (χ4v) is 12.0. The molecule has 0 radical (unpaired) electrons. The number of ether oxygens (including phenoxy) is 2.